The van der Waals surface area contributed by atoms with Crippen LogP contribution in [0.5, 0.6) is 0 Å². The molecule has 2 N–H and O–H groups in total. The highest BCUT2D eigenvalue weighted by molar-refractivity contribution is 7.98. The molecule has 1 unspecified atom stereocenters. The van der Waals surface area contributed by atoms with E-state index in [4.69, 9.17) is 0 Å². The zero-order chi connectivity index (χ0) is 14.5. The number of rotatable bonds is 4. The number of aliphatic hydroxyl groups excluding tert-OH is 1. The molecule has 0 aliphatic carbocycles. The molecule has 0 radical (unpaired) electrons. The number of carbonyl (C=O) groups excluding carboxylic acids is 1. The lowest BCUT2D eigenvalue weighted by Gasteiger charge is -2.13. The molecule has 4 nitrogen and oxygen atoms in total. The molecule has 1 amide bonds. The molecular formula is C15H16N2O2S. The van der Waals surface area contributed by atoms with E-state index in [0.717, 1.165) is 0 Å². The summed E-state index contributed by atoms with van der Waals surface area (Å²) in [7, 11) is 0. The maximum atomic E-state index is 12.3. The first-order valence-corrected chi connectivity index (χ1v) is 7.43. The number of aliphatic hydroxyl groups is 1. The summed E-state index contributed by atoms with van der Waals surface area (Å²) in [6, 6.07) is 10.7. The summed E-state index contributed by atoms with van der Waals surface area (Å²) in [6.45, 7) is 1.67. The minimum Gasteiger partial charge on any atom is -0.389 e. The molecule has 20 heavy (non-hydrogen) atoms. The molecule has 1 aromatic carbocycles. The van der Waals surface area contributed by atoms with Gasteiger partial charge in [-0.25, -0.2) is 4.98 Å². The number of hydrogen-bond donors (Lipinski definition) is 2. The Kier molecular flexibility index (Phi) is 4.76. The molecule has 0 bridgehead atoms. The lowest BCUT2D eigenvalue weighted by atomic mass is 10.1. The van der Waals surface area contributed by atoms with Gasteiger partial charge in [-0.2, -0.15) is 0 Å². The summed E-state index contributed by atoms with van der Waals surface area (Å²) in [5.41, 5.74) is 1.83. The first-order chi connectivity index (χ1) is 9.63. The smallest absolute Gasteiger partial charge is 0.258 e. The van der Waals surface area contributed by atoms with E-state index in [9.17, 15) is 9.90 Å². The number of nitrogens with zero attached hydrogens (tertiary/aromatic N) is 1. The van der Waals surface area contributed by atoms with Crippen LogP contribution in [0.15, 0.2) is 47.6 Å². The van der Waals surface area contributed by atoms with Gasteiger partial charge in [-0.15, -0.1) is 11.8 Å². The largest absolute Gasteiger partial charge is 0.389 e. The van der Waals surface area contributed by atoms with Crippen molar-refractivity contribution in [2.24, 2.45) is 0 Å². The highest BCUT2D eigenvalue weighted by Crippen LogP contribution is 2.24. The number of benzene rings is 1. The summed E-state index contributed by atoms with van der Waals surface area (Å²) in [5, 5.41) is 13.2. The Balaban J connectivity index is 2.28. The van der Waals surface area contributed by atoms with E-state index in [1.807, 2.05) is 18.4 Å². The van der Waals surface area contributed by atoms with Crippen molar-refractivity contribution in [2.45, 2.75) is 18.1 Å². The van der Waals surface area contributed by atoms with Gasteiger partial charge >= 0.3 is 0 Å². The van der Waals surface area contributed by atoms with Gasteiger partial charge < -0.3 is 10.4 Å². The van der Waals surface area contributed by atoms with Gasteiger partial charge in [-0.1, -0.05) is 18.2 Å². The molecule has 0 spiro atoms. The van der Waals surface area contributed by atoms with Crippen LogP contribution in [0.4, 0.5) is 5.69 Å². The Hall–Kier alpha value is -1.85. The van der Waals surface area contributed by atoms with Gasteiger partial charge in [0, 0.05) is 17.4 Å². The number of para-hydroxylation sites is 1. The van der Waals surface area contributed by atoms with E-state index < -0.39 is 6.10 Å². The maximum Gasteiger partial charge on any atom is 0.258 e. The van der Waals surface area contributed by atoms with Gasteiger partial charge in [0.1, 0.15) is 5.03 Å². The number of hydrogen-bond acceptors (Lipinski definition) is 4. The van der Waals surface area contributed by atoms with Gasteiger partial charge in [0.2, 0.25) is 0 Å². The Labute approximate surface area is 122 Å². The summed E-state index contributed by atoms with van der Waals surface area (Å²) in [4.78, 5) is 16.5. The maximum absolute atomic E-state index is 12.3. The molecule has 0 fully saturated rings. The second-order valence-corrected chi connectivity index (χ2v) is 5.07. The topological polar surface area (TPSA) is 62.2 Å². The van der Waals surface area contributed by atoms with E-state index in [2.05, 4.69) is 10.3 Å². The standard InChI is InChI=1S/C15H16N2O2S/c1-10(18)11-6-3-4-8-13(11)17-14(19)12-7-5-9-16-15(12)20-2/h3-10,18H,1-2H3,(H,17,19). The van der Waals surface area contributed by atoms with Crippen LogP contribution < -0.4 is 5.32 Å². The predicted molar refractivity (Wildman–Crippen MR) is 81.0 cm³/mol. The first-order valence-electron chi connectivity index (χ1n) is 6.21. The van der Waals surface area contributed by atoms with E-state index in [-0.39, 0.29) is 5.91 Å². The number of thioether (sulfide) groups is 1. The normalized spacial score (nSPS) is 11.9. The fourth-order valence-corrected chi connectivity index (χ4v) is 2.44. The number of amides is 1. The van der Waals surface area contributed by atoms with E-state index in [0.29, 0.717) is 21.8 Å². The minimum absolute atomic E-state index is 0.226. The fourth-order valence-electron chi connectivity index (χ4n) is 1.89. The monoisotopic (exact) mass is 288 g/mol. The third-order valence-corrected chi connectivity index (χ3v) is 3.58. The lowest BCUT2D eigenvalue weighted by Crippen LogP contribution is -2.15. The van der Waals surface area contributed by atoms with Gasteiger partial charge in [-0.05, 0) is 31.4 Å². The van der Waals surface area contributed by atoms with Crippen molar-refractivity contribution in [3.8, 4) is 0 Å². The zero-order valence-electron chi connectivity index (χ0n) is 11.3. The zero-order valence-corrected chi connectivity index (χ0v) is 12.1. The number of nitrogens with one attached hydrogen (secondary N) is 1. The van der Waals surface area contributed by atoms with Crippen molar-refractivity contribution in [3.63, 3.8) is 0 Å². The van der Waals surface area contributed by atoms with Gasteiger partial charge in [0.25, 0.3) is 5.91 Å². The summed E-state index contributed by atoms with van der Waals surface area (Å²) in [6.07, 6.45) is 2.90. The van der Waals surface area contributed by atoms with Crippen molar-refractivity contribution in [1.82, 2.24) is 4.98 Å². The molecule has 1 atom stereocenters. The van der Waals surface area contributed by atoms with E-state index in [1.54, 1.807) is 37.4 Å². The second-order valence-electron chi connectivity index (χ2n) is 4.28. The highest BCUT2D eigenvalue weighted by atomic mass is 32.2. The minimum atomic E-state index is -0.639. The molecule has 2 aromatic rings. The Morgan fingerprint density at radius 3 is 2.75 bits per heavy atom. The van der Waals surface area contributed by atoms with Gasteiger partial charge in [0.05, 0.1) is 11.7 Å². The fraction of sp³-hybridized carbons (Fsp3) is 0.200. The molecule has 0 saturated carbocycles. The highest BCUT2D eigenvalue weighted by Gasteiger charge is 2.14. The number of carbonyl (C=O) groups is 1. The van der Waals surface area contributed by atoms with Crippen LogP contribution in [0, 0.1) is 0 Å². The molecule has 0 aliphatic rings. The van der Waals surface area contributed by atoms with Crippen molar-refractivity contribution in [3.05, 3.63) is 53.7 Å². The number of aromatic nitrogens is 1. The van der Waals surface area contributed by atoms with E-state index in [1.165, 1.54) is 11.8 Å². The summed E-state index contributed by atoms with van der Waals surface area (Å²) < 4.78 is 0. The second kappa shape index (κ2) is 6.54. The first kappa shape index (κ1) is 14.6. The summed E-state index contributed by atoms with van der Waals surface area (Å²) in [5.74, 6) is -0.226. The van der Waals surface area contributed by atoms with Gasteiger partial charge in [-0.3, -0.25) is 4.79 Å². The van der Waals surface area contributed by atoms with Crippen LogP contribution in [-0.2, 0) is 0 Å². The third-order valence-electron chi connectivity index (χ3n) is 2.87. The molecule has 0 saturated heterocycles. The molecule has 5 heteroatoms. The quantitative estimate of drug-likeness (QED) is 0.849. The number of anilines is 1. The Morgan fingerprint density at radius 1 is 1.30 bits per heavy atom. The van der Waals surface area contributed by atoms with Crippen molar-refractivity contribution in [2.75, 3.05) is 11.6 Å². The molecule has 1 heterocycles. The Morgan fingerprint density at radius 2 is 2.05 bits per heavy atom. The average molecular weight is 288 g/mol. The molecule has 0 aliphatic heterocycles. The third kappa shape index (κ3) is 3.18. The van der Waals surface area contributed by atoms with Crippen LogP contribution in [0.1, 0.15) is 28.9 Å². The van der Waals surface area contributed by atoms with Crippen LogP contribution in [-0.4, -0.2) is 22.3 Å². The Bertz CT molecular complexity index is 614. The molecule has 1 aromatic heterocycles. The van der Waals surface area contributed by atoms with Crippen LogP contribution in [0.2, 0.25) is 0 Å². The van der Waals surface area contributed by atoms with Crippen molar-refractivity contribution in [1.29, 1.82) is 0 Å². The number of pyridine rings is 1. The summed E-state index contributed by atoms with van der Waals surface area (Å²) >= 11 is 1.42. The van der Waals surface area contributed by atoms with E-state index >= 15 is 0 Å². The van der Waals surface area contributed by atoms with Crippen LogP contribution in [0.3, 0.4) is 0 Å². The SMILES string of the molecule is CSc1ncccc1C(=O)Nc1ccccc1C(C)O. The van der Waals surface area contributed by atoms with Crippen LogP contribution >= 0.6 is 11.8 Å². The molecule has 104 valence electrons. The molecular weight excluding hydrogens is 272 g/mol. The van der Waals surface area contributed by atoms with Gasteiger partial charge in [0.15, 0.2) is 0 Å². The lowest BCUT2D eigenvalue weighted by molar-refractivity contribution is 0.102. The van der Waals surface area contributed by atoms with Crippen molar-refractivity contribution < 1.29 is 9.90 Å². The molecule has 2 rings (SSSR count). The predicted octanol–water partition coefficient (Wildman–Crippen LogP) is 3.11. The van der Waals surface area contributed by atoms with Crippen molar-refractivity contribution >= 4 is 23.4 Å². The average Bonchev–Trinajstić information content (AvgIpc) is 2.47. The van der Waals surface area contributed by atoms with Crippen LogP contribution in [0.25, 0.3) is 0 Å².